The number of aromatic nitrogens is 2. The zero-order valence-electron chi connectivity index (χ0n) is 22.4. The first-order chi connectivity index (χ1) is 20.0. The number of benzene rings is 4. The van der Waals surface area contributed by atoms with E-state index in [0.29, 0.717) is 0 Å². The zero-order chi connectivity index (χ0) is 30.4. The van der Waals surface area contributed by atoms with E-state index in [0.717, 1.165) is 51.3 Å². The van der Waals surface area contributed by atoms with Crippen LogP contribution in [0.1, 0.15) is 40.9 Å². The number of hydrogen-bond donors (Lipinski definition) is 1. The van der Waals surface area contributed by atoms with Gasteiger partial charge < -0.3 is 9.67 Å². The van der Waals surface area contributed by atoms with Gasteiger partial charge in [-0.25, -0.2) is 9.78 Å². The molecule has 1 N–H and O–H groups in total. The van der Waals surface area contributed by atoms with E-state index in [-0.39, 0.29) is 5.92 Å². The van der Waals surface area contributed by atoms with Crippen molar-refractivity contribution in [3.05, 3.63) is 134 Å². The van der Waals surface area contributed by atoms with Crippen LogP contribution in [0.25, 0.3) is 11.0 Å². The summed E-state index contributed by atoms with van der Waals surface area (Å²) in [5.74, 6) is -1.61. The molecule has 0 bridgehead atoms. The summed E-state index contributed by atoms with van der Waals surface area (Å²) in [5, 5.41) is 9.35. The lowest BCUT2D eigenvalue weighted by atomic mass is 9.85. The molecule has 0 amide bonds. The van der Waals surface area contributed by atoms with Gasteiger partial charge in [-0.3, -0.25) is 0 Å². The largest absolute Gasteiger partial charge is 0.490 e. The molecule has 1 aromatic heterocycles. The topological polar surface area (TPSA) is 55.1 Å². The van der Waals surface area contributed by atoms with Crippen LogP contribution in [0.3, 0.4) is 0 Å². The Kier molecular flexibility index (Phi) is 10.2. The fourth-order valence-electron chi connectivity index (χ4n) is 4.71. The molecular formula is C32H26Cl3F3N2O2. The first-order valence-corrected chi connectivity index (χ1v) is 14.1. The molecular weight excluding hydrogens is 608 g/mol. The van der Waals surface area contributed by atoms with Crippen LogP contribution in [0, 0.1) is 0 Å². The first-order valence-electron chi connectivity index (χ1n) is 13.0. The maximum atomic E-state index is 10.6. The SMILES string of the molecule is CCc1nc2ccc(C(c3ccc(Cl)cc3)c3ccc(Cl)cc3)cc2n1CCc1cccc(Cl)c1.O=C(O)C(F)(F)F. The summed E-state index contributed by atoms with van der Waals surface area (Å²) in [6.07, 6.45) is -3.32. The third kappa shape index (κ3) is 7.85. The zero-order valence-corrected chi connectivity index (χ0v) is 24.6. The molecule has 0 unspecified atom stereocenters. The van der Waals surface area contributed by atoms with E-state index < -0.39 is 12.1 Å². The summed E-state index contributed by atoms with van der Waals surface area (Å²) >= 11 is 18.6. The molecule has 218 valence electrons. The molecule has 0 fully saturated rings. The minimum atomic E-state index is -5.08. The summed E-state index contributed by atoms with van der Waals surface area (Å²) in [4.78, 5) is 13.8. The Morgan fingerprint density at radius 2 is 1.38 bits per heavy atom. The lowest BCUT2D eigenvalue weighted by Gasteiger charge is -2.20. The second-order valence-electron chi connectivity index (χ2n) is 9.50. The third-order valence-electron chi connectivity index (χ3n) is 6.66. The van der Waals surface area contributed by atoms with Crippen molar-refractivity contribution in [3.63, 3.8) is 0 Å². The second-order valence-corrected chi connectivity index (χ2v) is 10.8. The van der Waals surface area contributed by atoms with Crippen molar-refractivity contribution in [3.8, 4) is 0 Å². The molecule has 0 aliphatic heterocycles. The molecule has 0 saturated carbocycles. The van der Waals surface area contributed by atoms with Crippen molar-refractivity contribution in [1.29, 1.82) is 0 Å². The lowest BCUT2D eigenvalue weighted by Crippen LogP contribution is -2.21. The van der Waals surface area contributed by atoms with Gasteiger partial charge in [-0.2, -0.15) is 13.2 Å². The maximum absolute atomic E-state index is 10.6. The van der Waals surface area contributed by atoms with Crippen LogP contribution in [0.5, 0.6) is 0 Å². The molecule has 4 nitrogen and oxygen atoms in total. The molecule has 1 heterocycles. The quantitative estimate of drug-likeness (QED) is 0.182. The Hall–Kier alpha value is -3.52. The van der Waals surface area contributed by atoms with Crippen molar-refractivity contribution in [2.24, 2.45) is 0 Å². The highest BCUT2D eigenvalue weighted by Crippen LogP contribution is 2.35. The van der Waals surface area contributed by atoms with E-state index in [1.807, 2.05) is 42.5 Å². The third-order valence-corrected chi connectivity index (χ3v) is 7.40. The van der Waals surface area contributed by atoms with Crippen molar-refractivity contribution < 1.29 is 23.1 Å². The van der Waals surface area contributed by atoms with Crippen LogP contribution in [-0.2, 0) is 24.2 Å². The van der Waals surface area contributed by atoms with E-state index in [1.165, 1.54) is 22.3 Å². The summed E-state index contributed by atoms with van der Waals surface area (Å²) in [6, 6.07) is 30.9. The number of nitrogens with zero attached hydrogens (tertiary/aromatic N) is 2. The molecule has 0 saturated heterocycles. The van der Waals surface area contributed by atoms with Gasteiger partial charge in [0, 0.05) is 34.0 Å². The molecule has 0 atom stereocenters. The number of alkyl halides is 3. The highest BCUT2D eigenvalue weighted by Gasteiger charge is 2.38. The summed E-state index contributed by atoms with van der Waals surface area (Å²) in [6.45, 7) is 3.00. The molecule has 10 heteroatoms. The van der Waals surface area contributed by atoms with Crippen molar-refractivity contribution in [1.82, 2.24) is 9.55 Å². The van der Waals surface area contributed by atoms with Gasteiger partial charge in [-0.05, 0) is 77.2 Å². The fourth-order valence-corrected chi connectivity index (χ4v) is 5.17. The van der Waals surface area contributed by atoms with Gasteiger partial charge in [0.25, 0.3) is 0 Å². The normalized spacial score (nSPS) is 11.4. The van der Waals surface area contributed by atoms with Gasteiger partial charge in [0.1, 0.15) is 5.82 Å². The monoisotopic (exact) mass is 632 g/mol. The van der Waals surface area contributed by atoms with E-state index >= 15 is 0 Å². The van der Waals surface area contributed by atoms with Crippen molar-refractivity contribution >= 4 is 51.8 Å². The molecule has 5 rings (SSSR count). The molecule has 0 aliphatic carbocycles. The molecule has 0 radical (unpaired) electrons. The van der Waals surface area contributed by atoms with Crippen molar-refractivity contribution in [2.75, 3.05) is 0 Å². The number of carboxylic acids is 1. The first kappa shape index (κ1) is 31.4. The summed E-state index contributed by atoms with van der Waals surface area (Å²) in [7, 11) is 0. The average Bonchev–Trinajstić information content (AvgIpc) is 3.31. The highest BCUT2D eigenvalue weighted by molar-refractivity contribution is 6.31. The minimum Gasteiger partial charge on any atom is -0.475 e. The number of rotatable bonds is 7. The Labute approximate surface area is 256 Å². The fraction of sp³-hybridized carbons (Fsp3) is 0.188. The number of aliphatic carboxylic acids is 1. The Morgan fingerprint density at radius 1 is 0.833 bits per heavy atom. The number of hydrogen-bond acceptors (Lipinski definition) is 2. The van der Waals surface area contributed by atoms with E-state index in [2.05, 4.69) is 60.0 Å². The van der Waals surface area contributed by atoms with Gasteiger partial charge in [-0.1, -0.05) is 84.2 Å². The summed E-state index contributed by atoms with van der Waals surface area (Å²) < 4.78 is 34.1. The van der Waals surface area contributed by atoms with Gasteiger partial charge in [-0.15, -0.1) is 0 Å². The average molecular weight is 634 g/mol. The second kappa shape index (κ2) is 13.6. The number of fused-ring (bicyclic) bond motifs is 1. The van der Waals surface area contributed by atoms with Gasteiger partial charge in [0.15, 0.2) is 0 Å². The van der Waals surface area contributed by atoms with E-state index in [1.54, 1.807) is 0 Å². The van der Waals surface area contributed by atoms with Crippen LogP contribution in [0.4, 0.5) is 13.2 Å². The lowest BCUT2D eigenvalue weighted by molar-refractivity contribution is -0.192. The number of halogens is 6. The standard InChI is InChI=1S/C30H25Cl3N2.C2HF3O2/c1-2-29-34-27-15-10-23(19-28(27)35(29)17-16-20-4-3-5-26(33)18-20)30(21-6-11-24(31)12-7-21)22-8-13-25(32)14-9-22;3-2(4,5)1(6)7/h3-15,18-19,30H,2,16-17H2,1H3;(H,6,7). The Bertz CT molecular complexity index is 1620. The Morgan fingerprint density at radius 3 is 1.88 bits per heavy atom. The molecule has 0 aliphatic rings. The molecule has 42 heavy (non-hydrogen) atoms. The van der Waals surface area contributed by atoms with Crippen LogP contribution < -0.4 is 0 Å². The van der Waals surface area contributed by atoms with E-state index in [9.17, 15) is 13.2 Å². The van der Waals surface area contributed by atoms with Crippen LogP contribution in [0.15, 0.2) is 91.0 Å². The predicted octanol–water partition coefficient (Wildman–Crippen LogP) is 9.62. The summed E-state index contributed by atoms with van der Waals surface area (Å²) in [5.41, 5.74) is 6.94. The maximum Gasteiger partial charge on any atom is 0.490 e. The highest BCUT2D eigenvalue weighted by atomic mass is 35.5. The number of imidazole rings is 1. The number of carbonyl (C=O) groups is 1. The molecule has 0 spiro atoms. The smallest absolute Gasteiger partial charge is 0.475 e. The van der Waals surface area contributed by atoms with Crippen LogP contribution in [0.2, 0.25) is 15.1 Å². The molecule has 4 aromatic carbocycles. The van der Waals surface area contributed by atoms with Crippen molar-refractivity contribution in [2.45, 2.75) is 38.4 Å². The predicted molar refractivity (Wildman–Crippen MR) is 162 cm³/mol. The van der Waals surface area contributed by atoms with Crippen LogP contribution >= 0.6 is 34.8 Å². The minimum absolute atomic E-state index is 0.0512. The Balaban J connectivity index is 0.000000517. The number of aryl methyl sites for hydroxylation is 3. The van der Waals surface area contributed by atoms with Gasteiger partial charge in [0.05, 0.1) is 11.0 Å². The van der Waals surface area contributed by atoms with E-state index in [4.69, 9.17) is 49.7 Å². The van der Waals surface area contributed by atoms with Gasteiger partial charge >= 0.3 is 12.1 Å². The molecule has 5 aromatic rings. The van der Waals surface area contributed by atoms with Crippen LogP contribution in [-0.4, -0.2) is 26.8 Å². The number of carboxylic acid groups (broad SMARTS) is 1. The van der Waals surface area contributed by atoms with Gasteiger partial charge in [0.2, 0.25) is 0 Å².